The van der Waals surface area contributed by atoms with Gasteiger partial charge < -0.3 is 9.88 Å². The smallest absolute Gasteiger partial charge is 0.255 e. The standard InChI is InChI=1S/C19H22N4O/c1-13(20-19(24)18-14(2)21-22(4)15(18)3)16-7-9-17(10-8-16)23-11-5-6-12-23/h5-13H,1-4H3,(H,20,24)/t13-/m1/s1. The average Bonchev–Trinajstić information content (AvgIpc) is 3.16. The van der Waals surface area contributed by atoms with Crippen LogP contribution < -0.4 is 5.32 Å². The van der Waals surface area contributed by atoms with Gasteiger partial charge in [-0.05, 0) is 50.6 Å². The number of hydrogen-bond acceptors (Lipinski definition) is 2. The first kappa shape index (κ1) is 16.1. The third kappa shape index (κ3) is 2.97. The van der Waals surface area contributed by atoms with E-state index < -0.39 is 0 Å². The normalized spacial score (nSPS) is 12.2. The number of carbonyl (C=O) groups excluding carboxylic acids is 1. The van der Waals surface area contributed by atoms with Gasteiger partial charge in [0.1, 0.15) is 0 Å². The molecule has 0 saturated carbocycles. The molecule has 3 rings (SSSR count). The van der Waals surface area contributed by atoms with Gasteiger partial charge >= 0.3 is 0 Å². The zero-order chi connectivity index (χ0) is 17.3. The quantitative estimate of drug-likeness (QED) is 0.801. The fraction of sp³-hybridized carbons (Fsp3) is 0.263. The van der Waals surface area contributed by atoms with Crippen molar-refractivity contribution < 1.29 is 4.79 Å². The van der Waals surface area contributed by atoms with Crippen LogP contribution in [0.25, 0.3) is 5.69 Å². The molecular formula is C19H22N4O. The molecule has 24 heavy (non-hydrogen) atoms. The van der Waals surface area contributed by atoms with Gasteiger partial charge in [0.25, 0.3) is 5.91 Å². The van der Waals surface area contributed by atoms with Crippen molar-refractivity contribution in [1.82, 2.24) is 19.7 Å². The van der Waals surface area contributed by atoms with Crippen molar-refractivity contribution in [3.05, 3.63) is 71.3 Å². The van der Waals surface area contributed by atoms with E-state index in [0.717, 1.165) is 22.6 Å². The molecule has 1 N–H and O–H groups in total. The lowest BCUT2D eigenvalue weighted by molar-refractivity contribution is 0.0938. The summed E-state index contributed by atoms with van der Waals surface area (Å²) in [5, 5.41) is 7.37. The van der Waals surface area contributed by atoms with Crippen LogP contribution in [-0.4, -0.2) is 20.3 Å². The van der Waals surface area contributed by atoms with Crippen molar-refractivity contribution >= 4 is 5.91 Å². The maximum atomic E-state index is 12.6. The van der Waals surface area contributed by atoms with Crippen LogP contribution in [0.3, 0.4) is 0 Å². The summed E-state index contributed by atoms with van der Waals surface area (Å²) >= 11 is 0. The number of amides is 1. The summed E-state index contributed by atoms with van der Waals surface area (Å²) in [6.07, 6.45) is 4.02. The molecule has 5 heteroatoms. The van der Waals surface area contributed by atoms with Crippen molar-refractivity contribution in [2.75, 3.05) is 0 Å². The highest BCUT2D eigenvalue weighted by atomic mass is 16.1. The highest BCUT2D eigenvalue weighted by molar-refractivity contribution is 5.96. The monoisotopic (exact) mass is 322 g/mol. The molecule has 1 amide bonds. The molecule has 0 aliphatic rings. The molecule has 3 aromatic rings. The Morgan fingerprint density at radius 3 is 2.29 bits per heavy atom. The number of nitrogens with one attached hydrogen (secondary N) is 1. The maximum Gasteiger partial charge on any atom is 0.255 e. The first-order valence-corrected chi connectivity index (χ1v) is 8.01. The van der Waals surface area contributed by atoms with Crippen LogP contribution in [0, 0.1) is 13.8 Å². The second kappa shape index (κ2) is 6.35. The van der Waals surface area contributed by atoms with Gasteiger partial charge in [-0.2, -0.15) is 5.10 Å². The van der Waals surface area contributed by atoms with E-state index >= 15 is 0 Å². The fourth-order valence-corrected chi connectivity index (χ4v) is 2.90. The third-order valence-corrected chi connectivity index (χ3v) is 4.38. The molecule has 0 aliphatic carbocycles. The van der Waals surface area contributed by atoms with Gasteiger partial charge in [-0.25, -0.2) is 0 Å². The average molecular weight is 322 g/mol. The number of rotatable bonds is 4. The number of hydrogen-bond donors (Lipinski definition) is 1. The lowest BCUT2D eigenvalue weighted by atomic mass is 10.1. The Morgan fingerprint density at radius 2 is 1.75 bits per heavy atom. The summed E-state index contributed by atoms with van der Waals surface area (Å²) in [7, 11) is 1.85. The lowest BCUT2D eigenvalue weighted by Crippen LogP contribution is -2.27. The topological polar surface area (TPSA) is 51.9 Å². The largest absolute Gasteiger partial charge is 0.345 e. The van der Waals surface area contributed by atoms with Gasteiger partial charge in [0.2, 0.25) is 0 Å². The van der Waals surface area contributed by atoms with E-state index in [1.165, 1.54) is 0 Å². The minimum atomic E-state index is -0.0833. The summed E-state index contributed by atoms with van der Waals surface area (Å²) < 4.78 is 3.79. The Morgan fingerprint density at radius 1 is 1.12 bits per heavy atom. The summed E-state index contributed by atoms with van der Waals surface area (Å²) in [6.45, 7) is 5.76. The SMILES string of the molecule is Cc1nn(C)c(C)c1C(=O)N[C@H](C)c1ccc(-n2cccc2)cc1. The van der Waals surface area contributed by atoms with Crippen LogP contribution >= 0.6 is 0 Å². The molecule has 5 nitrogen and oxygen atoms in total. The predicted molar refractivity (Wildman–Crippen MR) is 94.3 cm³/mol. The summed E-state index contributed by atoms with van der Waals surface area (Å²) in [5.41, 5.74) is 4.45. The molecular weight excluding hydrogens is 300 g/mol. The zero-order valence-corrected chi connectivity index (χ0v) is 14.4. The van der Waals surface area contributed by atoms with Crippen molar-refractivity contribution in [1.29, 1.82) is 0 Å². The molecule has 0 bridgehead atoms. The van der Waals surface area contributed by atoms with Crippen LogP contribution in [0.4, 0.5) is 0 Å². The second-order valence-corrected chi connectivity index (χ2v) is 6.05. The molecule has 0 spiro atoms. The Bertz CT molecular complexity index is 844. The molecule has 1 atom stereocenters. The van der Waals surface area contributed by atoms with E-state index in [1.807, 2.05) is 64.5 Å². The van der Waals surface area contributed by atoms with Crippen LogP contribution in [0.5, 0.6) is 0 Å². The number of aromatic nitrogens is 3. The van der Waals surface area contributed by atoms with Crippen LogP contribution in [0.15, 0.2) is 48.8 Å². The Labute approximate surface area is 141 Å². The minimum absolute atomic E-state index is 0.0739. The molecule has 0 unspecified atom stereocenters. The molecule has 0 fully saturated rings. The lowest BCUT2D eigenvalue weighted by Gasteiger charge is -2.15. The van der Waals surface area contributed by atoms with Gasteiger partial charge in [-0.1, -0.05) is 12.1 Å². The molecule has 0 saturated heterocycles. The van der Waals surface area contributed by atoms with E-state index in [-0.39, 0.29) is 11.9 Å². The third-order valence-electron chi connectivity index (χ3n) is 4.38. The van der Waals surface area contributed by atoms with E-state index in [1.54, 1.807) is 4.68 Å². The molecule has 1 aromatic carbocycles. The van der Waals surface area contributed by atoms with Crippen molar-refractivity contribution in [3.8, 4) is 5.69 Å². The summed E-state index contributed by atoms with van der Waals surface area (Å²) in [6, 6.07) is 12.1. The summed E-state index contributed by atoms with van der Waals surface area (Å²) in [4.78, 5) is 12.6. The van der Waals surface area contributed by atoms with Gasteiger partial charge in [-0.15, -0.1) is 0 Å². The Hall–Kier alpha value is -2.82. The van der Waals surface area contributed by atoms with Gasteiger partial charge in [-0.3, -0.25) is 9.48 Å². The molecule has 2 heterocycles. The molecule has 2 aromatic heterocycles. The van der Waals surface area contributed by atoms with Crippen molar-refractivity contribution in [3.63, 3.8) is 0 Å². The maximum absolute atomic E-state index is 12.6. The van der Waals surface area contributed by atoms with E-state index in [0.29, 0.717) is 5.56 Å². The first-order chi connectivity index (χ1) is 11.5. The van der Waals surface area contributed by atoms with Crippen molar-refractivity contribution in [2.45, 2.75) is 26.8 Å². The van der Waals surface area contributed by atoms with E-state index in [2.05, 4.69) is 27.1 Å². The number of carbonyl (C=O) groups is 1. The fourth-order valence-electron chi connectivity index (χ4n) is 2.90. The summed E-state index contributed by atoms with van der Waals surface area (Å²) in [5.74, 6) is -0.0833. The van der Waals surface area contributed by atoms with Gasteiger partial charge in [0.05, 0.1) is 17.3 Å². The number of aryl methyl sites for hydroxylation is 2. The first-order valence-electron chi connectivity index (χ1n) is 8.01. The predicted octanol–water partition coefficient (Wildman–Crippen LogP) is 3.32. The Kier molecular flexibility index (Phi) is 4.25. The van der Waals surface area contributed by atoms with Crippen LogP contribution in [-0.2, 0) is 7.05 Å². The molecule has 124 valence electrons. The van der Waals surface area contributed by atoms with Crippen LogP contribution in [0.1, 0.15) is 40.3 Å². The second-order valence-electron chi connectivity index (χ2n) is 6.05. The van der Waals surface area contributed by atoms with E-state index in [9.17, 15) is 4.79 Å². The highest BCUT2D eigenvalue weighted by Crippen LogP contribution is 2.18. The van der Waals surface area contributed by atoms with Gasteiger partial charge in [0, 0.05) is 30.8 Å². The highest BCUT2D eigenvalue weighted by Gasteiger charge is 2.19. The number of nitrogens with zero attached hydrogens (tertiary/aromatic N) is 3. The van der Waals surface area contributed by atoms with Crippen molar-refractivity contribution in [2.24, 2.45) is 7.05 Å². The minimum Gasteiger partial charge on any atom is -0.345 e. The Balaban J connectivity index is 1.75. The van der Waals surface area contributed by atoms with Crippen LogP contribution in [0.2, 0.25) is 0 Å². The number of benzene rings is 1. The molecule has 0 radical (unpaired) electrons. The van der Waals surface area contributed by atoms with E-state index in [4.69, 9.17) is 0 Å². The van der Waals surface area contributed by atoms with Gasteiger partial charge in [0.15, 0.2) is 0 Å². The zero-order valence-electron chi connectivity index (χ0n) is 14.4. The molecule has 0 aliphatic heterocycles.